The molecule has 1 aliphatic rings. The molecular formula is C17H17N5O2S. The van der Waals surface area contributed by atoms with Crippen LogP contribution in [-0.2, 0) is 11.3 Å². The van der Waals surface area contributed by atoms with E-state index in [0.29, 0.717) is 24.0 Å². The van der Waals surface area contributed by atoms with Crippen LogP contribution in [0.3, 0.4) is 0 Å². The summed E-state index contributed by atoms with van der Waals surface area (Å²) in [7, 11) is 0. The van der Waals surface area contributed by atoms with Gasteiger partial charge in [-0.05, 0) is 42.3 Å². The third-order valence-corrected chi connectivity index (χ3v) is 4.93. The van der Waals surface area contributed by atoms with Crippen LogP contribution in [0.2, 0.25) is 0 Å². The monoisotopic (exact) mass is 355 g/mol. The Bertz CT molecular complexity index is 926. The van der Waals surface area contributed by atoms with E-state index in [1.807, 2.05) is 17.5 Å². The number of carbonyl (C=O) groups excluding carboxylic acids is 1. The Balaban J connectivity index is 1.68. The first kappa shape index (κ1) is 15.8. The summed E-state index contributed by atoms with van der Waals surface area (Å²) in [6, 6.07) is 7.36. The molecule has 0 aromatic carbocycles. The van der Waals surface area contributed by atoms with Crippen molar-refractivity contribution in [1.82, 2.24) is 24.6 Å². The smallest absolute Gasteiger partial charge is 0.351 e. The highest BCUT2D eigenvalue weighted by Gasteiger charge is 2.23. The zero-order valence-corrected chi connectivity index (χ0v) is 14.3. The normalized spacial score (nSPS) is 13.8. The molecule has 0 aliphatic heterocycles. The fourth-order valence-corrected chi connectivity index (χ4v) is 3.27. The van der Waals surface area contributed by atoms with Crippen LogP contribution in [0.15, 0.2) is 46.8 Å². The summed E-state index contributed by atoms with van der Waals surface area (Å²) in [6.45, 7) is 0.589. The van der Waals surface area contributed by atoms with Gasteiger partial charge < -0.3 is 5.32 Å². The topological polar surface area (TPSA) is 81.8 Å². The van der Waals surface area contributed by atoms with Crippen molar-refractivity contribution >= 4 is 17.2 Å². The lowest BCUT2D eigenvalue weighted by molar-refractivity contribution is -0.121. The average molecular weight is 355 g/mol. The van der Waals surface area contributed by atoms with E-state index < -0.39 is 0 Å². The minimum atomic E-state index is -0.349. The Kier molecular flexibility index (Phi) is 4.19. The Labute approximate surface area is 147 Å². The first-order valence-corrected chi connectivity index (χ1v) is 9.01. The molecule has 8 heteroatoms. The van der Waals surface area contributed by atoms with Crippen LogP contribution in [0.25, 0.3) is 16.4 Å². The van der Waals surface area contributed by atoms with Crippen LogP contribution in [0.5, 0.6) is 0 Å². The third kappa shape index (κ3) is 3.39. The van der Waals surface area contributed by atoms with E-state index in [4.69, 9.17) is 0 Å². The third-order valence-electron chi connectivity index (χ3n) is 4.06. The van der Waals surface area contributed by atoms with Gasteiger partial charge in [-0.15, -0.1) is 16.4 Å². The molecule has 3 aromatic rings. The molecule has 0 atom stereocenters. The van der Waals surface area contributed by atoms with Crippen molar-refractivity contribution in [2.45, 2.75) is 19.4 Å². The molecule has 4 rings (SSSR count). The SMILES string of the molecule is O=C(Cn1nc(-c2cccs2)n(-c2cccnc2)c1=O)NCC1CC1. The van der Waals surface area contributed by atoms with Crippen molar-refractivity contribution in [3.05, 3.63) is 52.5 Å². The molecule has 0 bridgehead atoms. The highest BCUT2D eigenvalue weighted by molar-refractivity contribution is 7.13. The molecule has 3 heterocycles. The number of carbonyl (C=O) groups is 1. The van der Waals surface area contributed by atoms with Crippen molar-refractivity contribution in [1.29, 1.82) is 0 Å². The Morgan fingerprint density at radius 2 is 2.20 bits per heavy atom. The quantitative estimate of drug-likeness (QED) is 0.729. The molecule has 0 unspecified atom stereocenters. The molecular weight excluding hydrogens is 338 g/mol. The van der Waals surface area contributed by atoms with E-state index in [2.05, 4.69) is 15.4 Å². The molecule has 7 nitrogen and oxygen atoms in total. The summed E-state index contributed by atoms with van der Waals surface area (Å²) in [5.41, 5.74) is 0.276. The molecule has 1 N–H and O–H groups in total. The van der Waals surface area contributed by atoms with E-state index in [0.717, 1.165) is 4.88 Å². The second-order valence-electron chi connectivity index (χ2n) is 6.04. The standard InChI is InChI=1S/C17H17N5O2S/c23-15(19-9-12-5-6-12)11-21-17(24)22(13-3-1-7-18-10-13)16(20-21)14-4-2-8-25-14/h1-4,7-8,10,12H,5-6,9,11H2,(H,19,23). The van der Waals surface area contributed by atoms with Gasteiger partial charge in [-0.25, -0.2) is 14.0 Å². The van der Waals surface area contributed by atoms with Gasteiger partial charge in [0.1, 0.15) is 6.54 Å². The Morgan fingerprint density at radius 3 is 2.88 bits per heavy atom. The van der Waals surface area contributed by atoms with Crippen molar-refractivity contribution in [3.63, 3.8) is 0 Å². The van der Waals surface area contributed by atoms with Crippen LogP contribution in [0.4, 0.5) is 0 Å². The summed E-state index contributed by atoms with van der Waals surface area (Å²) >= 11 is 1.49. The molecule has 3 aromatic heterocycles. The van der Waals surface area contributed by atoms with Crippen LogP contribution < -0.4 is 11.0 Å². The van der Waals surface area contributed by atoms with Gasteiger partial charge in [0.15, 0.2) is 5.82 Å². The van der Waals surface area contributed by atoms with Gasteiger partial charge in [0.05, 0.1) is 16.8 Å². The number of amides is 1. The predicted octanol–water partition coefficient (Wildman–Crippen LogP) is 1.68. The first-order chi connectivity index (χ1) is 12.2. The van der Waals surface area contributed by atoms with E-state index in [-0.39, 0.29) is 18.1 Å². The number of rotatable bonds is 6. The summed E-state index contributed by atoms with van der Waals surface area (Å²) in [4.78, 5) is 29.9. The molecule has 1 amide bonds. The number of aromatic nitrogens is 4. The maximum absolute atomic E-state index is 12.8. The van der Waals surface area contributed by atoms with Gasteiger partial charge in [0.2, 0.25) is 5.91 Å². The van der Waals surface area contributed by atoms with E-state index in [1.54, 1.807) is 24.5 Å². The van der Waals surface area contributed by atoms with Crippen molar-refractivity contribution in [3.8, 4) is 16.4 Å². The van der Waals surface area contributed by atoms with Gasteiger partial charge >= 0.3 is 5.69 Å². The van der Waals surface area contributed by atoms with Crippen LogP contribution in [0.1, 0.15) is 12.8 Å². The van der Waals surface area contributed by atoms with Crippen LogP contribution in [0, 0.1) is 5.92 Å². The zero-order chi connectivity index (χ0) is 17.2. The minimum Gasteiger partial charge on any atom is -0.354 e. The molecule has 0 spiro atoms. The minimum absolute atomic E-state index is 0.0861. The fourth-order valence-electron chi connectivity index (χ4n) is 2.57. The number of hydrogen-bond acceptors (Lipinski definition) is 5. The van der Waals surface area contributed by atoms with Gasteiger partial charge in [0, 0.05) is 12.7 Å². The number of hydrogen-bond donors (Lipinski definition) is 1. The molecule has 25 heavy (non-hydrogen) atoms. The largest absolute Gasteiger partial charge is 0.354 e. The summed E-state index contributed by atoms with van der Waals surface area (Å²) in [6.07, 6.45) is 5.59. The molecule has 0 saturated heterocycles. The number of nitrogens with one attached hydrogen (secondary N) is 1. The average Bonchev–Trinajstić information content (AvgIpc) is 3.19. The predicted molar refractivity (Wildman–Crippen MR) is 94.7 cm³/mol. The van der Waals surface area contributed by atoms with Gasteiger partial charge in [-0.3, -0.25) is 9.78 Å². The summed E-state index contributed by atoms with van der Waals surface area (Å²) in [5.74, 6) is 0.917. The van der Waals surface area contributed by atoms with Crippen LogP contribution >= 0.6 is 11.3 Å². The van der Waals surface area contributed by atoms with E-state index in [1.165, 1.54) is 33.4 Å². The van der Waals surface area contributed by atoms with Crippen molar-refractivity contribution in [2.75, 3.05) is 6.54 Å². The lowest BCUT2D eigenvalue weighted by Crippen LogP contribution is -2.34. The lowest BCUT2D eigenvalue weighted by Gasteiger charge is -2.03. The zero-order valence-electron chi connectivity index (χ0n) is 13.5. The van der Waals surface area contributed by atoms with Gasteiger partial charge in [-0.1, -0.05) is 6.07 Å². The van der Waals surface area contributed by atoms with Gasteiger partial charge in [0.25, 0.3) is 0 Å². The highest BCUT2D eigenvalue weighted by atomic mass is 32.1. The second-order valence-corrected chi connectivity index (χ2v) is 6.98. The Hall–Kier alpha value is -2.74. The van der Waals surface area contributed by atoms with Gasteiger partial charge in [-0.2, -0.15) is 0 Å². The lowest BCUT2D eigenvalue weighted by atomic mass is 10.4. The summed E-state index contributed by atoms with van der Waals surface area (Å²) in [5, 5.41) is 9.19. The second kappa shape index (κ2) is 6.64. The molecule has 0 radical (unpaired) electrons. The van der Waals surface area contributed by atoms with E-state index >= 15 is 0 Å². The number of pyridine rings is 1. The first-order valence-electron chi connectivity index (χ1n) is 8.13. The van der Waals surface area contributed by atoms with E-state index in [9.17, 15) is 9.59 Å². The maximum atomic E-state index is 12.8. The summed E-state index contributed by atoms with van der Waals surface area (Å²) < 4.78 is 2.71. The molecule has 1 saturated carbocycles. The molecule has 128 valence electrons. The van der Waals surface area contributed by atoms with Crippen molar-refractivity contribution in [2.24, 2.45) is 5.92 Å². The highest BCUT2D eigenvalue weighted by Crippen LogP contribution is 2.27. The molecule has 1 aliphatic carbocycles. The number of nitrogens with zero attached hydrogens (tertiary/aromatic N) is 4. The fraction of sp³-hybridized carbons (Fsp3) is 0.294. The molecule has 1 fully saturated rings. The van der Waals surface area contributed by atoms with Crippen molar-refractivity contribution < 1.29 is 4.79 Å². The Morgan fingerprint density at radius 1 is 1.32 bits per heavy atom. The van der Waals surface area contributed by atoms with Crippen LogP contribution in [-0.4, -0.2) is 31.8 Å². The maximum Gasteiger partial charge on any atom is 0.351 e. The number of thiophene rings is 1.